The van der Waals surface area contributed by atoms with E-state index >= 15 is 0 Å². The summed E-state index contributed by atoms with van der Waals surface area (Å²) < 4.78 is 5.43. The Morgan fingerprint density at radius 1 is 1.31 bits per heavy atom. The molecule has 0 aliphatic carbocycles. The summed E-state index contributed by atoms with van der Waals surface area (Å²) in [5.41, 5.74) is 7.22. The third-order valence-electron chi connectivity index (χ3n) is 2.88. The Morgan fingerprint density at radius 2 is 2.08 bits per heavy atom. The van der Waals surface area contributed by atoms with Crippen LogP contribution in [-0.4, -0.2) is 19.8 Å². The quantitative estimate of drug-likeness (QED) is 0.739. The maximum Gasteiger partial charge on any atom is 0.0575 e. The highest BCUT2D eigenvalue weighted by atomic mass is 16.5. The number of rotatable bonds is 2. The zero-order chi connectivity index (χ0) is 9.15. The van der Waals surface area contributed by atoms with Crippen LogP contribution in [0, 0.1) is 0 Å². The highest BCUT2D eigenvalue weighted by Crippen LogP contribution is 2.31. The van der Waals surface area contributed by atoms with Gasteiger partial charge in [0, 0.05) is 18.6 Å². The van der Waals surface area contributed by atoms with Crippen LogP contribution < -0.4 is 5.73 Å². The molecule has 0 spiro atoms. The fraction of sp³-hybridized carbons (Fsp3) is 0.455. The average Bonchev–Trinajstić information content (AvgIpc) is 2.69. The lowest BCUT2D eigenvalue weighted by Gasteiger charge is -2.25. The highest BCUT2D eigenvalue weighted by Gasteiger charge is 2.34. The van der Waals surface area contributed by atoms with Crippen LogP contribution >= 0.6 is 0 Å². The summed E-state index contributed by atoms with van der Waals surface area (Å²) in [6.45, 7) is 2.29. The van der Waals surface area contributed by atoms with E-state index in [-0.39, 0.29) is 5.41 Å². The van der Waals surface area contributed by atoms with Crippen LogP contribution in [0.2, 0.25) is 0 Å². The van der Waals surface area contributed by atoms with E-state index in [1.165, 1.54) is 5.56 Å². The van der Waals surface area contributed by atoms with Crippen molar-refractivity contribution >= 4 is 0 Å². The van der Waals surface area contributed by atoms with Gasteiger partial charge < -0.3 is 10.5 Å². The largest absolute Gasteiger partial charge is 0.380 e. The van der Waals surface area contributed by atoms with Crippen molar-refractivity contribution in [2.45, 2.75) is 11.8 Å². The van der Waals surface area contributed by atoms with Gasteiger partial charge in [-0.1, -0.05) is 30.3 Å². The van der Waals surface area contributed by atoms with Crippen LogP contribution in [-0.2, 0) is 10.2 Å². The molecule has 1 aliphatic heterocycles. The molecule has 2 nitrogen and oxygen atoms in total. The number of hydrogen-bond acceptors (Lipinski definition) is 2. The van der Waals surface area contributed by atoms with Crippen LogP contribution in [0.15, 0.2) is 30.3 Å². The minimum atomic E-state index is 0.0846. The fourth-order valence-corrected chi connectivity index (χ4v) is 1.91. The van der Waals surface area contributed by atoms with Crippen molar-refractivity contribution in [3.8, 4) is 0 Å². The molecule has 1 aromatic carbocycles. The molecule has 1 fully saturated rings. The number of benzene rings is 1. The van der Waals surface area contributed by atoms with Gasteiger partial charge in [-0.05, 0) is 12.0 Å². The van der Waals surface area contributed by atoms with Crippen molar-refractivity contribution < 1.29 is 4.74 Å². The summed E-state index contributed by atoms with van der Waals surface area (Å²) >= 11 is 0. The summed E-state index contributed by atoms with van der Waals surface area (Å²) in [6, 6.07) is 10.4. The smallest absolute Gasteiger partial charge is 0.0575 e. The molecule has 0 radical (unpaired) electrons. The molecule has 1 atom stereocenters. The van der Waals surface area contributed by atoms with E-state index in [0.717, 1.165) is 19.6 Å². The van der Waals surface area contributed by atoms with Gasteiger partial charge in [-0.2, -0.15) is 0 Å². The van der Waals surface area contributed by atoms with Gasteiger partial charge in [-0.15, -0.1) is 0 Å². The predicted molar refractivity (Wildman–Crippen MR) is 52.6 cm³/mol. The van der Waals surface area contributed by atoms with Crippen LogP contribution in [0.4, 0.5) is 0 Å². The first-order valence-electron chi connectivity index (χ1n) is 4.71. The van der Waals surface area contributed by atoms with E-state index in [1.807, 2.05) is 6.07 Å². The van der Waals surface area contributed by atoms with Crippen molar-refractivity contribution in [3.63, 3.8) is 0 Å². The topological polar surface area (TPSA) is 35.2 Å². The first-order chi connectivity index (χ1) is 6.37. The van der Waals surface area contributed by atoms with Gasteiger partial charge in [0.25, 0.3) is 0 Å². The predicted octanol–water partition coefficient (Wildman–Crippen LogP) is 1.30. The highest BCUT2D eigenvalue weighted by molar-refractivity contribution is 5.27. The molecule has 2 rings (SSSR count). The summed E-state index contributed by atoms with van der Waals surface area (Å²) in [7, 11) is 0. The summed E-state index contributed by atoms with van der Waals surface area (Å²) in [6.07, 6.45) is 1.05. The third-order valence-corrected chi connectivity index (χ3v) is 2.88. The third kappa shape index (κ3) is 1.47. The molecule has 0 saturated carbocycles. The van der Waals surface area contributed by atoms with Gasteiger partial charge in [0.15, 0.2) is 0 Å². The lowest BCUT2D eigenvalue weighted by atomic mass is 9.80. The molecule has 70 valence electrons. The van der Waals surface area contributed by atoms with E-state index in [9.17, 15) is 0 Å². The van der Waals surface area contributed by atoms with Crippen LogP contribution in [0.5, 0.6) is 0 Å². The Labute approximate surface area is 78.7 Å². The van der Waals surface area contributed by atoms with E-state index in [1.54, 1.807) is 0 Å². The van der Waals surface area contributed by atoms with E-state index in [4.69, 9.17) is 10.5 Å². The fourth-order valence-electron chi connectivity index (χ4n) is 1.91. The van der Waals surface area contributed by atoms with Crippen LogP contribution in [0.25, 0.3) is 0 Å². The molecular weight excluding hydrogens is 162 g/mol. The minimum absolute atomic E-state index is 0.0846. The molecule has 1 heterocycles. The zero-order valence-corrected chi connectivity index (χ0v) is 7.70. The normalized spacial score (nSPS) is 27.8. The van der Waals surface area contributed by atoms with Crippen LogP contribution in [0.1, 0.15) is 12.0 Å². The standard InChI is InChI=1S/C11H15NO/c12-8-11(6-7-13-9-11)10-4-2-1-3-5-10/h1-5H,6-9,12H2/t11-/m0/s1. The van der Waals surface area contributed by atoms with Gasteiger partial charge >= 0.3 is 0 Å². The Kier molecular flexibility index (Phi) is 2.34. The van der Waals surface area contributed by atoms with Gasteiger partial charge in [0.1, 0.15) is 0 Å². The Bertz CT molecular complexity index is 265. The monoisotopic (exact) mass is 177 g/mol. The average molecular weight is 177 g/mol. The van der Waals surface area contributed by atoms with Gasteiger partial charge in [-0.25, -0.2) is 0 Å². The second-order valence-corrected chi connectivity index (χ2v) is 3.65. The molecule has 1 saturated heterocycles. The second kappa shape index (κ2) is 3.48. The SMILES string of the molecule is NC[C@@]1(c2ccccc2)CCOC1. The molecule has 0 bridgehead atoms. The number of ether oxygens (including phenoxy) is 1. The summed E-state index contributed by atoms with van der Waals surface area (Å²) in [4.78, 5) is 0. The van der Waals surface area contributed by atoms with Crippen molar-refractivity contribution in [2.75, 3.05) is 19.8 Å². The molecule has 0 amide bonds. The molecule has 2 N–H and O–H groups in total. The first kappa shape index (κ1) is 8.73. The van der Waals surface area contributed by atoms with Crippen molar-refractivity contribution in [1.82, 2.24) is 0 Å². The lowest BCUT2D eigenvalue weighted by Crippen LogP contribution is -2.35. The Morgan fingerprint density at radius 3 is 2.62 bits per heavy atom. The molecule has 1 aromatic rings. The second-order valence-electron chi connectivity index (χ2n) is 3.65. The molecule has 0 aromatic heterocycles. The van der Waals surface area contributed by atoms with Crippen molar-refractivity contribution in [1.29, 1.82) is 0 Å². The maximum absolute atomic E-state index is 5.82. The van der Waals surface area contributed by atoms with Gasteiger partial charge in [-0.3, -0.25) is 0 Å². The van der Waals surface area contributed by atoms with E-state index in [2.05, 4.69) is 24.3 Å². The lowest BCUT2D eigenvalue weighted by molar-refractivity contribution is 0.178. The molecular formula is C11H15NO. The van der Waals surface area contributed by atoms with E-state index < -0.39 is 0 Å². The molecule has 13 heavy (non-hydrogen) atoms. The number of hydrogen-bond donors (Lipinski definition) is 1. The van der Waals surface area contributed by atoms with Gasteiger partial charge in [0.05, 0.1) is 6.61 Å². The molecule has 2 heteroatoms. The van der Waals surface area contributed by atoms with Crippen molar-refractivity contribution in [3.05, 3.63) is 35.9 Å². The van der Waals surface area contributed by atoms with E-state index in [0.29, 0.717) is 6.54 Å². The summed E-state index contributed by atoms with van der Waals surface area (Å²) in [5.74, 6) is 0. The summed E-state index contributed by atoms with van der Waals surface area (Å²) in [5, 5.41) is 0. The molecule has 1 aliphatic rings. The minimum Gasteiger partial charge on any atom is -0.380 e. The van der Waals surface area contributed by atoms with Gasteiger partial charge in [0.2, 0.25) is 0 Å². The van der Waals surface area contributed by atoms with Crippen molar-refractivity contribution in [2.24, 2.45) is 5.73 Å². The zero-order valence-electron chi connectivity index (χ0n) is 7.70. The first-order valence-corrected chi connectivity index (χ1v) is 4.71. The Hall–Kier alpha value is -0.860. The maximum atomic E-state index is 5.82. The Balaban J connectivity index is 2.31. The molecule has 0 unspecified atom stereocenters. The van der Waals surface area contributed by atoms with Crippen LogP contribution in [0.3, 0.4) is 0 Å². The number of nitrogens with two attached hydrogens (primary N) is 1.